The zero-order chi connectivity index (χ0) is 14.6. The number of rotatable bonds is 5. The number of benzene rings is 1. The highest BCUT2D eigenvalue weighted by molar-refractivity contribution is 7.90. The molecule has 0 aliphatic rings. The van der Waals surface area contributed by atoms with Crippen LogP contribution in [-0.4, -0.2) is 32.4 Å². The van der Waals surface area contributed by atoms with E-state index in [-0.39, 0.29) is 17.7 Å². The van der Waals surface area contributed by atoms with Gasteiger partial charge in [0.25, 0.3) is 0 Å². The van der Waals surface area contributed by atoms with Crippen molar-refractivity contribution < 1.29 is 13.2 Å². The molecule has 1 amide bonds. The lowest BCUT2D eigenvalue weighted by Gasteiger charge is -2.17. The van der Waals surface area contributed by atoms with Crippen LogP contribution in [0.2, 0.25) is 0 Å². The van der Waals surface area contributed by atoms with Gasteiger partial charge in [-0.05, 0) is 31.5 Å². The predicted octanol–water partition coefficient (Wildman–Crippen LogP) is 1.80. The topological polar surface area (TPSA) is 75.3 Å². The van der Waals surface area contributed by atoms with Crippen molar-refractivity contribution in [2.24, 2.45) is 0 Å². The van der Waals surface area contributed by atoms with Crippen molar-refractivity contribution in [1.29, 1.82) is 0 Å². The predicted molar refractivity (Wildman–Crippen MR) is 78.3 cm³/mol. The van der Waals surface area contributed by atoms with E-state index < -0.39 is 9.84 Å². The third-order valence-corrected chi connectivity index (χ3v) is 3.62. The molecule has 0 aromatic heterocycles. The van der Waals surface area contributed by atoms with E-state index in [0.717, 1.165) is 11.3 Å². The lowest BCUT2D eigenvalue weighted by Crippen LogP contribution is -2.25. The van der Waals surface area contributed by atoms with Crippen molar-refractivity contribution in [3.63, 3.8) is 0 Å². The van der Waals surface area contributed by atoms with E-state index in [1.807, 2.05) is 26.0 Å². The molecule has 0 fully saturated rings. The van der Waals surface area contributed by atoms with Crippen molar-refractivity contribution in [2.75, 3.05) is 22.6 Å². The second-order valence-electron chi connectivity index (χ2n) is 4.85. The second-order valence-corrected chi connectivity index (χ2v) is 7.03. The van der Waals surface area contributed by atoms with Gasteiger partial charge in [-0.2, -0.15) is 0 Å². The van der Waals surface area contributed by atoms with Gasteiger partial charge in [-0.1, -0.05) is 6.07 Å². The average molecular weight is 284 g/mol. The molecule has 1 atom stereocenters. The summed E-state index contributed by atoms with van der Waals surface area (Å²) < 4.78 is 22.5. The summed E-state index contributed by atoms with van der Waals surface area (Å²) in [7, 11) is -3.02. The van der Waals surface area contributed by atoms with Gasteiger partial charge in [0.15, 0.2) is 0 Å². The number of amides is 1. The minimum atomic E-state index is -3.02. The van der Waals surface area contributed by atoms with Gasteiger partial charge < -0.3 is 10.6 Å². The summed E-state index contributed by atoms with van der Waals surface area (Å²) in [6.45, 7) is 5.18. The van der Waals surface area contributed by atoms with E-state index in [1.165, 1.54) is 13.2 Å². The van der Waals surface area contributed by atoms with Gasteiger partial charge >= 0.3 is 0 Å². The van der Waals surface area contributed by atoms with E-state index >= 15 is 0 Å². The summed E-state index contributed by atoms with van der Waals surface area (Å²) >= 11 is 0. The molecule has 0 saturated heterocycles. The number of carbonyl (C=O) groups excluding carboxylic acids is 1. The zero-order valence-corrected chi connectivity index (χ0v) is 12.5. The van der Waals surface area contributed by atoms with Gasteiger partial charge in [0.2, 0.25) is 5.91 Å². The summed E-state index contributed by atoms with van der Waals surface area (Å²) in [5.41, 5.74) is 2.50. The Bertz CT molecular complexity index is 567. The van der Waals surface area contributed by atoms with Gasteiger partial charge in [0.05, 0.1) is 5.75 Å². The molecule has 6 heteroatoms. The minimum absolute atomic E-state index is 0.0663. The van der Waals surface area contributed by atoms with Crippen LogP contribution in [0.4, 0.5) is 11.4 Å². The molecular weight excluding hydrogens is 264 g/mol. The molecule has 19 heavy (non-hydrogen) atoms. The molecule has 1 aromatic rings. The molecule has 1 rings (SSSR count). The summed E-state index contributed by atoms with van der Waals surface area (Å²) in [5, 5.41) is 5.85. The number of hydrogen-bond donors (Lipinski definition) is 2. The number of anilines is 2. The van der Waals surface area contributed by atoms with Crippen LogP contribution in [-0.2, 0) is 14.6 Å². The Morgan fingerprint density at radius 2 is 2.00 bits per heavy atom. The largest absolute Gasteiger partial charge is 0.381 e. The van der Waals surface area contributed by atoms with Crippen LogP contribution in [0.5, 0.6) is 0 Å². The second kappa shape index (κ2) is 6.06. The number of aryl methyl sites for hydroxylation is 1. The first kappa shape index (κ1) is 15.5. The Kier molecular flexibility index (Phi) is 4.94. The van der Waals surface area contributed by atoms with E-state index in [0.29, 0.717) is 5.69 Å². The number of carbonyl (C=O) groups is 1. The lowest BCUT2D eigenvalue weighted by molar-refractivity contribution is -0.114. The lowest BCUT2D eigenvalue weighted by atomic mass is 10.1. The van der Waals surface area contributed by atoms with E-state index in [1.54, 1.807) is 6.07 Å². The number of nitrogens with one attached hydrogen (secondary N) is 2. The molecule has 1 aromatic carbocycles. The van der Waals surface area contributed by atoms with Gasteiger partial charge in [0, 0.05) is 30.6 Å². The smallest absolute Gasteiger partial charge is 0.221 e. The summed E-state index contributed by atoms with van der Waals surface area (Å²) in [6, 6.07) is 5.29. The molecule has 106 valence electrons. The zero-order valence-electron chi connectivity index (χ0n) is 11.6. The third kappa shape index (κ3) is 5.74. The molecule has 0 bridgehead atoms. The van der Waals surface area contributed by atoms with Crippen molar-refractivity contribution in [1.82, 2.24) is 0 Å². The third-order valence-electron chi connectivity index (χ3n) is 2.51. The maximum absolute atomic E-state index is 11.2. The van der Waals surface area contributed by atoms with Gasteiger partial charge in [-0.15, -0.1) is 0 Å². The highest BCUT2D eigenvalue weighted by Crippen LogP contribution is 2.21. The van der Waals surface area contributed by atoms with Crippen LogP contribution in [0.1, 0.15) is 19.4 Å². The van der Waals surface area contributed by atoms with Crippen LogP contribution in [0, 0.1) is 6.92 Å². The summed E-state index contributed by atoms with van der Waals surface area (Å²) in [6.07, 6.45) is 1.21. The molecule has 0 radical (unpaired) electrons. The molecular formula is C13H20N2O3S. The fourth-order valence-corrected chi connectivity index (χ4v) is 2.81. The molecule has 5 nitrogen and oxygen atoms in total. The van der Waals surface area contributed by atoms with Gasteiger partial charge in [-0.25, -0.2) is 8.42 Å². The maximum Gasteiger partial charge on any atom is 0.221 e. The molecule has 2 N–H and O–H groups in total. The van der Waals surface area contributed by atoms with Crippen LogP contribution in [0.15, 0.2) is 18.2 Å². The average Bonchev–Trinajstić information content (AvgIpc) is 2.19. The molecule has 0 saturated carbocycles. The summed E-state index contributed by atoms with van der Waals surface area (Å²) in [4.78, 5) is 11.0. The maximum atomic E-state index is 11.2. The summed E-state index contributed by atoms with van der Waals surface area (Å²) in [5.74, 6) is -0.0736. The first-order valence-corrected chi connectivity index (χ1v) is 8.06. The monoisotopic (exact) mass is 284 g/mol. The van der Waals surface area contributed by atoms with Crippen LogP contribution >= 0.6 is 0 Å². The highest BCUT2D eigenvalue weighted by Gasteiger charge is 2.11. The fraction of sp³-hybridized carbons (Fsp3) is 0.462. The van der Waals surface area contributed by atoms with E-state index in [4.69, 9.17) is 0 Å². The molecule has 0 heterocycles. The van der Waals surface area contributed by atoms with Gasteiger partial charge in [0.1, 0.15) is 9.84 Å². The van der Waals surface area contributed by atoms with E-state index in [2.05, 4.69) is 10.6 Å². The fourth-order valence-electron chi connectivity index (χ4n) is 1.82. The van der Waals surface area contributed by atoms with E-state index in [9.17, 15) is 13.2 Å². The molecule has 0 aliphatic carbocycles. The van der Waals surface area contributed by atoms with Crippen LogP contribution in [0.25, 0.3) is 0 Å². The van der Waals surface area contributed by atoms with Crippen molar-refractivity contribution in [3.8, 4) is 0 Å². The molecule has 0 aliphatic heterocycles. The van der Waals surface area contributed by atoms with Crippen LogP contribution in [0.3, 0.4) is 0 Å². The Morgan fingerprint density at radius 1 is 1.37 bits per heavy atom. The van der Waals surface area contributed by atoms with Crippen molar-refractivity contribution >= 4 is 27.1 Å². The number of hydrogen-bond acceptors (Lipinski definition) is 4. The molecule has 0 spiro atoms. The number of sulfone groups is 1. The first-order valence-electron chi connectivity index (χ1n) is 6.00. The Hall–Kier alpha value is -1.56. The Morgan fingerprint density at radius 3 is 2.53 bits per heavy atom. The SMILES string of the molecule is CC(=O)Nc1ccc(C)c(NC(C)CS(C)(=O)=O)c1. The van der Waals surface area contributed by atoms with Gasteiger partial charge in [-0.3, -0.25) is 4.79 Å². The van der Waals surface area contributed by atoms with Crippen molar-refractivity contribution in [2.45, 2.75) is 26.8 Å². The Balaban J connectivity index is 2.85. The minimum Gasteiger partial charge on any atom is -0.381 e. The highest BCUT2D eigenvalue weighted by atomic mass is 32.2. The Labute approximate surface area is 114 Å². The molecule has 1 unspecified atom stereocenters. The normalized spacial score (nSPS) is 12.8. The quantitative estimate of drug-likeness (QED) is 0.864. The van der Waals surface area contributed by atoms with Crippen molar-refractivity contribution in [3.05, 3.63) is 23.8 Å². The van der Waals surface area contributed by atoms with Crippen LogP contribution < -0.4 is 10.6 Å². The standard InChI is InChI=1S/C13H20N2O3S/c1-9-5-6-12(15-11(3)16)7-13(9)14-10(2)8-19(4,17)18/h5-7,10,14H,8H2,1-4H3,(H,15,16). The first-order chi connectivity index (χ1) is 8.67.